The van der Waals surface area contributed by atoms with Gasteiger partial charge in [0.2, 0.25) is 0 Å². The van der Waals surface area contributed by atoms with E-state index in [0.717, 1.165) is 17.8 Å². The Bertz CT molecular complexity index is 859. The summed E-state index contributed by atoms with van der Waals surface area (Å²) in [5.41, 5.74) is 2.18. The van der Waals surface area contributed by atoms with Crippen LogP contribution in [0.1, 0.15) is 26.2 Å². The average molecular weight is 607 g/mol. The lowest BCUT2D eigenvalue weighted by Crippen LogP contribution is -2.74. The smallest absolute Gasteiger partial charge is 0.460 e. The van der Waals surface area contributed by atoms with Crippen LogP contribution >= 0.6 is 0 Å². The minimum atomic E-state index is -8.72. The van der Waals surface area contributed by atoms with E-state index < -0.39 is 85.2 Å². The second-order valence-electron chi connectivity index (χ2n) is 7.16. The monoisotopic (exact) mass is 607 g/mol. The van der Waals surface area contributed by atoms with Gasteiger partial charge in [0.1, 0.15) is 6.10 Å². The van der Waals surface area contributed by atoms with E-state index in [0.29, 0.717) is 0 Å². The summed E-state index contributed by atoms with van der Waals surface area (Å²) >= 11 is 0. The van der Waals surface area contributed by atoms with Crippen LogP contribution < -0.4 is 16.0 Å². The van der Waals surface area contributed by atoms with Gasteiger partial charge in [-0.15, -0.1) is 0 Å². The van der Waals surface area contributed by atoms with Gasteiger partial charge in [0, 0.05) is 6.42 Å². The van der Waals surface area contributed by atoms with Gasteiger partial charge in [0.25, 0.3) is 0 Å². The van der Waals surface area contributed by atoms with Crippen LogP contribution in [-0.4, -0.2) is 65.9 Å². The van der Waals surface area contributed by atoms with E-state index in [-0.39, 0.29) is 0 Å². The fraction of sp³-hybridized carbons (Fsp3) is 0.867. The largest absolute Gasteiger partial charge is 0.529 e. The van der Waals surface area contributed by atoms with Gasteiger partial charge in [-0.25, -0.2) is 10.2 Å². The van der Waals surface area contributed by atoms with Crippen LogP contribution in [0, 0.1) is 0 Å². The Morgan fingerprint density at radius 3 is 1.37 bits per heavy atom. The van der Waals surface area contributed by atoms with E-state index >= 15 is 0 Å². The van der Waals surface area contributed by atoms with Crippen LogP contribution in [0.4, 0.5) is 84.2 Å². The zero-order valence-electron chi connectivity index (χ0n) is 17.8. The van der Waals surface area contributed by atoms with Gasteiger partial charge < -0.3 is 14.6 Å². The molecule has 0 aromatic heterocycles. The van der Waals surface area contributed by atoms with Gasteiger partial charge in [-0.2, -0.15) is 74.6 Å². The van der Waals surface area contributed by atoms with Crippen molar-refractivity contribution in [1.82, 2.24) is 10.9 Å². The molecular weight excluding hydrogens is 595 g/mol. The minimum absolute atomic E-state index is 0.677. The maximum absolute atomic E-state index is 13.8. The number of carbonyl (C=O) groups excluding carboxylic acids is 2. The summed E-state index contributed by atoms with van der Waals surface area (Å²) in [6, 6.07) is 0. The first-order chi connectivity index (χ1) is 16.5. The molecule has 38 heavy (non-hydrogen) atoms. The SMILES string of the molecule is CCC(CCC(F)(F)C(F)(F)C(F)(F)C(F)(F)C(F)(F)C(F)(F)C(F)(F)C(F)(F)F)OC(=O)NNC(=O)[O-]. The van der Waals surface area contributed by atoms with Gasteiger partial charge in [0.05, 0.1) is 0 Å². The minimum Gasteiger partial charge on any atom is -0.529 e. The van der Waals surface area contributed by atoms with Crippen molar-refractivity contribution >= 4 is 12.2 Å². The predicted octanol–water partition coefficient (Wildman–Crippen LogP) is 5.13. The maximum atomic E-state index is 13.8. The second kappa shape index (κ2) is 10.5. The number of rotatable bonds is 11. The van der Waals surface area contributed by atoms with Gasteiger partial charge in [0.15, 0.2) is 6.09 Å². The summed E-state index contributed by atoms with van der Waals surface area (Å²) in [5.74, 6) is -57.1. The van der Waals surface area contributed by atoms with E-state index in [9.17, 15) is 89.3 Å². The predicted molar refractivity (Wildman–Crippen MR) is 82.1 cm³/mol. The van der Waals surface area contributed by atoms with Gasteiger partial charge in [-0.05, 0) is 12.8 Å². The number of nitrogens with one attached hydrogen (secondary N) is 2. The van der Waals surface area contributed by atoms with Gasteiger partial charge >= 0.3 is 53.7 Å². The number of amides is 2. The number of hydrazine groups is 1. The number of hydrogen-bond donors (Lipinski definition) is 2. The molecule has 0 aliphatic heterocycles. The summed E-state index contributed by atoms with van der Waals surface area (Å²) in [7, 11) is 0. The Hall–Kier alpha value is -2.65. The van der Waals surface area contributed by atoms with Crippen molar-refractivity contribution in [2.45, 2.75) is 79.9 Å². The summed E-state index contributed by atoms with van der Waals surface area (Å²) < 4.78 is 229. The summed E-state index contributed by atoms with van der Waals surface area (Å²) in [5, 5.41) is 10.0. The molecule has 0 saturated heterocycles. The van der Waals surface area contributed by atoms with Crippen LogP contribution in [0.2, 0.25) is 0 Å². The first kappa shape index (κ1) is 35.4. The highest BCUT2D eigenvalue weighted by molar-refractivity contribution is 5.71. The first-order valence-corrected chi connectivity index (χ1v) is 9.14. The molecular formula is C15H12F17N2O4-. The fourth-order valence-electron chi connectivity index (χ4n) is 2.32. The van der Waals surface area contributed by atoms with Crippen LogP contribution in [0.15, 0.2) is 0 Å². The van der Waals surface area contributed by atoms with E-state index in [1.807, 2.05) is 0 Å². The number of carboxylic acid groups (broad SMARTS) is 1. The quantitative estimate of drug-likeness (QED) is 0.252. The molecule has 0 spiro atoms. The van der Waals surface area contributed by atoms with Crippen molar-refractivity contribution in [3.63, 3.8) is 0 Å². The van der Waals surface area contributed by atoms with Gasteiger partial charge in [-0.1, -0.05) is 6.92 Å². The molecule has 0 aromatic rings. The Morgan fingerprint density at radius 1 is 0.658 bits per heavy atom. The molecule has 0 aliphatic carbocycles. The highest BCUT2D eigenvalue weighted by Gasteiger charge is 2.95. The second-order valence-corrected chi connectivity index (χ2v) is 7.16. The third-order valence-corrected chi connectivity index (χ3v) is 4.56. The lowest BCUT2D eigenvalue weighted by atomic mass is 9.87. The zero-order chi connectivity index (χ0) is 31.0. The van der Waals surface area contributed by atoms with Crippen molar-refractivity contribution in [3.8, 4) is 0 Å². The highest BCUT2D eigenvalue weighted by Crippen LogP contribution is 2.64. The molecule has 0 saturated carbocycles. The molecule has 0 rings (SSSR count). The van der Waals surface area contributed by atoms with Crippen molar-refractivity contribution in [1.29, 1.82) is 0 Å². The Balaban J connectivity index is 6.18. The third kappa shape index (κ3) is 5.83. The number of alkyl halides is 17. The van der Waals surface area contributed by atoms with Crippen LogP contribution in [-0.2, 0) is 4.74 Å². The van der Waals surface area contributed by atoms with Gasteiger partial charge in [-0.3, -0.25) is 5.43 Å². The molecule has 2 N–H and O–H groups in total. The van der Waals surface area contributed by atoms with Crippen molar-refractivity contribution in [2.75, 3.05) is 0 Å². The summed E-state index contributed by atoms with van der Waals surface area (Å²) in [6.07, 6.45) is -19.1. The molecule has 0 heterocycles. The summed E-state index contributed by atoms with van der Waals surface area (Å²) in [4.78, 5) is 21.2. The van der Waals surface area contributed by atoms with Crippen molar-refractivity contribution in [2.24, 2.45) is 0 Å². The normalized spacial score (nSPS) is 15.6. The fourth-order valence-corrected chi connectivity index (χ4v) is 2.32. The van der Waals surface area contributed by atoms with E-state index in [1.165, 1.54) is 0 Å². The molecule has 0 fully saturated rings. The Labute approximate surface area is 198 Å². The highest BCUT2D eigenvalue weighted by atomic mass is 19.4. The van der Waals surface area contributed by atoms with Crippen molar-refractivity contribution < 1.29 is 94.1 Å². The maximum Gasteiger partial charge on any atom is 0.460 e. The lowest BCUT2D eigenvalue weighted by molar-refractivity contribution is -0.461. The molecule has 226 valence electrons. The molecule has 0 radical (unpaired) electrons. The molecule has 23 heteroatoms. The van der Waals surface area contributed by atoms with E-state index in [4.69, 9.17) is 0 Å². The molecule has 6 nitrogen and oxygen atoms in total. The molecule has 0 bridgehead atoms. The van der Waals surface area contributed by atoms with Crippen LogP contribution in [0.25, 0.3) is 0 Å². The lowest BCUT2D eigenvalue weighted by Gasteiger charge is -2.42. The van der Waals surface area contributed by atoms with E-state index in [1.54, 1.807) is 0 Å². The molecule has 1 unspecified atom stereocenters. The Morgan fingerprint density at radius 2 is 1.03 bits per heavy atom. The van der Waals surface area contributed by atoms with Crippen molar-refractivity contribution in [3.05, 3.63) is 0 Å². The number of hydrogen-bond acceptors (Lipinski definition) is 4. The van der Waals surface area contributed by atoms with Crippen LogP contribution in [0.3, 0.4) is 0 Å². The topological polar surface area (TPSA) is 90.5 Å². The zero-order valence-corrected chi connectivity index (χ0v) is 17.8. The summed E-state index contributed by atoms with van der Waals surface area (Å²) in [6.45, 7) is 0.923. The van der Waals surface area contributed by atoms with E-state index in [2.05, 4.69) is 4.74 Å². The Kier molecular flexibility index (Phi) is 9.76. The average Bonchev–Trinajstić information content (AvgIpc) is 2.73. The standard InChI is InChI=1S/C15H13F17N2O4/c1-2-5(38-7(37)34-33-6(35)36)3-4-8(16,17)9(18,19)10(20,21)11(22,23)12(24,25)13(26,27)14(28,29)15(30,31)32/h5,33H,2-4H2,1H3,(H,34,37)(H,35,36)/p-1. The van der Waals surface area contributed by atoms with Crippen LogP contribution in [0.5, 0.6) is 0 Å². The number of ether oxygens (including phenoxy) is 1. The molecule has 1 atom stereocenters. The number of halogens is 17. The molecule has 0 aliphatic rings. The molecule has 0 aromatic carbocycles. The third-order valence-electron chi connectivity index (χ3n) is 4.56. The molecule has 2 amide bonds. The first-order valence-electron chi connectivity index (χ1n) is 9.14. The number of carbonyl (C=O) groups is 2.